The number of carbonyl (C=O) groups is 1. The Morgan fingerprint density at radius 3 is 2.55 bits per heavy atom. The second kappa shape index (κ2) is 8.41. The maximum Gasteiger partial charge on any atom is 0.416 e. The number of nitrogens with one attached hydrogen (secondary N) is 1. The standard InChI is InChI=1S/C21H21F3N4O2S/c1-11(2)17(19-27-18(28-30-19)12-3-4-12)26-16(29)9-15-10-31-20(25-15)13-5-7-14(8-6-13)21(22,23)24/h5-8,10-12,17H,3-4,9H2,1-2H3,(H,26,29). The monoisotopic (exact) mass is 450 g/mol. The molecule has 1 N–H and O–H groups in total. The van der Waals surface area contributed by atoms with Crippen LogP contribution in [0.3, 0.4) is 0 Å². The molecule has 10 heteroatoms. The highest BCUT2D eigenvalue weighted by molar-refractivity contribution is 7.13. The summed E-state index contributed by atoms with van der Waals surface area (Å²) in [6, 6.07) is 4.41. The van der Waals surface area contributed by atoms with Crippen molar-refractivity contribution in [2.75, 3.05) is 0 Å². The predicted molar refractivity (Wildman–Crippen MR) is 108 cm³/mol. The third kappa shape index (κ3) is 5.12. The van der Waals surface area contributed by atoms with Crippen molar-refractivity contribution < 1.29 is 22.5 Å². The van der Waals surface area contributed by atoms with Crippen LogP contribution >= 0.6 is 11.3 Å². The van der Waals surface area contributed by atoms with Crippen molar-refractivity contribution in [1.82, 2.24) is 20.4 Å². The summed E-state index contributed by atoms with van der Waals surface area (Å²) in [7, 11) is 0. The van der Waals surface area contributed by atoms with Gasteiger partial charge in [0.05, 0.1) is 17.7 Å². The number of hydrogen-bond acceptors (Lipinski definition) is 6. The Balaban J connectivity index is 1.40. The number of hydrogen-bond donors (Lipinski definition) is 1. The molecule has 4 rings (SSSR count). The van der Waals surface area contributed by atoms with Crippen molar-refractivity contribution in [1.29, 1.82) is 0 Å². The summed E-state index contributed by atoms with van der Waals surface area (Å²) in [5.74, 6) is 1.26. The van der Waals surface area contributed by atoms with Crippen molar-refractivity contribution in [3.63, 3.8) is 0 Å². The average molecular weight is 450 g/mol. The molecule has 0 radical (unpaired) electrons. The van der Waals surface area contributed by atoms with E-state index < -0.39 is 17.8 Å². The third-order valence-corrected chi connectivity index (χ3v) is 5.94. The van der Waals surface area contributed by atoms with Gasteiger partial charge in [-0.05, 0) is 30.9 Å². The summed E-state index contributed by atoms with van der Waals surface area (Å²) in [5.41, 5.74) is 0.408. The molecule has 6 nitrogen and oxygen atoms in total. The van der Waals surface area contributed by atoms with E-state index in [0.717, 1.165) is 25.0 Å². The van der Waals surface area contributed by atoms with Crippen LogP contribution in [0.15, 0.2) is 34.2 Å². The van der Waals surface area contributed by atoms with Gasteiger partial charge in [0.25, 0.3) is 0 Å². The van der Waals surface area contributed by atoms with Crippen molar-refractivity contribution in [2.24, 2.45) is 5.92 Å². The largest absolute Gasteiger partial charge is 0.416 e. The van der Waals surface area contributed by atoms with Crippen LogP contribution in [-0.2, 0) is 17.4 Å². The highest BCUT2D eigenvalue weighted by atomic mass is 32.1. The number of alkyl halides is 3. The lowest BCUT2D eigenvalue weighted by Gasteiger charge is -2.18. The lowest BCUT2D eigenvalue weighted by atomic mass is 10.0. The van der Waals surface area contributed by atoms with Crippen LogP contribution in [0.5, 0.6) is 0 Å². The molecule has 1 fully saturated rings. The van der Waals surface area contributed by atoms with E-state index in [1.807, 2.05) is 13.8 Å². The molecule has 0 spiro atoms. The molecule has 1 aliphatic carbocycles. The number of halogens is 3. The van der Waals surface area contributed by atoms with E-state index in [9.17, 15) is 18.0 Å². The SMILES string of the molecule is CC(C)C(NC(=O)Cc1csc(-c2ccc(C(F)(F)F)cc2)n1)c1nc(C2CC2)no1. The van der Waals surface area contributed by atoms with Gasteiger partial charge in [-0.15, -0.1) is 11.3 Å². The molecule has 1 atom stereocenters. The fourth-order valence-electron chi connectivity index (χ4n) is 3.11. The number of rotatable bonds is 7. The normalized spacial score (nSPS) is 15.3. The topological polar surface area (TPSA) is 80.9 Å². The molecule has 0 saturated heterocycles. The van der Waals surface area contributed by atoms with E-state index in [4.69, 9.17) is 4.52 Å². The van der Waals surface area contributed by atoms with Gasteiger partial charge in [0, 0.05) is 16.9 Å². The number of thiazole rings is 1. The summed E-state index contributed by atoms with van der Waals surface area (Å²) in [6.07, 6.45) is -2.22. The first kappa shape index (κ1) is 21.5. The van der Waals surface area contributed by atoms with Gasteiger partial charge >= 0.3 is 6.18 Å². The fourth-order valence-corrected chi connectivity index (χ4v) is 3.93. The van der Waals surface area contributed by atoms with E-state index in [0.29, 0.717) is 33.9 Å². The van der Waals surface area contributed by atoms with Crippen LogP contribution in [0.4, 0.5) is 13.2 Å². The minimum Gasteiger partial charge on any atom is -0.344 e. The molecule has 2 aromatic heterocycles. The molecule has 31 heavy (non-hydrogen) atoms. The third-order valence-electron chi connectivity index (χ3n) is 5.00. The number of aromatic nitrogens is 3. The van der Waals surface area contributed by atoms with Crippen molar-refractivity contribution in [2.45, 2.75) is 51.2 Å². The van der Waals surface area contributed by atoms with Gasteiger partial charge in [0.1, 0.15) is 11.0 Å². The van der Waals surface area contributed by atoms with E-state index in [2.05, 4.69) is 20.4 Å². The Hall–Kier alpha value is -2.75. The molecule has 0 bridgehead atoms. The molecule has 1 aromatic carbocycles. The van der Waals surface area contributed by atoms with Gasteiger partial charge in [-0.25, -0.2) is 4.98 Å². The van der Waals surface area contributed by atoms with Gasteiger partial charge in [0.15, 0.2) is 5.82 Å². The van der Waals surface area contributed by atoms with E-state index >= 15 is 0 Å². The molecule has 164 valence electrons. The summed E-state index contributed by atoms with van der Waals surface area (Å²) in [6.45, 7) is 3.91. The molecule has 2 heterocycles. The first-order chi connectivity index (χ1) is 14.7. The maximum atomic E-state index is 12.7. The van der Waals surface area contributed by atoms with Crippen LogP contribution < -0.4 is 5.32 Å². The molecular weight excluding hydrogens is 429 g/mol. The second-order valence-electron chi connectivity index (χ2n) is 7.95. The Morgan fingerprint density at radius 2 is 1.94 bits per heavy atom. The Labute approximate surface area is 180 Å². The van der Waals surface area contributed by atoms with Gasteiger partial charge in [-0.2, -0.15) is 18.2 Å². The van der Waals surface area contributed by atoms with Gasteiger partial charge in [-0.1, -0.05) is 31.1 Å². The number of benzene rings is 1. The Kier molecular flexibility index (Phi) is 5.83. The Morgan fingerprint density at radius 1 is 1.23 bits per heavy atom. The molecule has 3 aromatic rings. The molecule has 1 saturated carbocycles. The maximum absolute atomic E-state index is 12.7. The molecule has 1 amide bonds. The number of amides is 1. The average Bonchev–Trinajstić information content (AvgIpc) is 3.26. The molecule has 1 aliphatic rings. The highest BCUT2D eigenvalue weighted by Gasteiger charge is 2.32. The van der Waals surface area contributed by atoms with E-state index in [1.54, 1.807) is 5.38 Å². The van der Waals surface area contributed by atoms with Crippen LogP contribution in [-0.4, -0.2) is 21.0 Å². The summed E-state index contributed by atoms with van der Waals surface area (Å²) >= 11 is 1.28. The Bertz CT molecular complexity index is 1060. The van der Waals surface area contributed by atoms with Gasteiger partial charge < -0.3 is 9.84 Å². The highest BCUT2D eigenvalue weighted by Crippen LogP contribution is 2.38. The van der Waals surface area contributed by atoms with Gasteiger partial charge in [-0.3, -0.25) is 4.79 Å². The first-order valence-corrected chi connectivity index (χ1v) is 10.8. The van der Waals surface area contributed by atoms with Crippen LogP contribution in [0.25, 0.3) is 10.6 Å². The first-order valence-electron chi connectivity index (χ1n) is 9.95. The minimum absolute atomic E-state index is 0.0456. The van der Waals surface area contributed by atoms with E-state index in [-0.39, 0.29) is 18.2 Å². The second-order valence-corrected chi connectivity index (χ2v) is 8.81. The van der Waals surface area contributed by atoms with Gasteiger partial charge in [0.2, 0.25) is 11.8 Å². The molecule has 0 aliphatic heterocycles. The predicted octanol–water partition coefficient (Wildman–Crippen LogP) is 5.15. The van der Waals surface area contributed by atoms with Crippen molar-refractivity contribution >= 4 is 17.2 Å². The van der Waals surface area contributed by atoms with Crippen LogP contribution in [0.2, 0.25) is 0 Å². The lowest BCUT2D eigenvalue weighted by Crippen LogP contribution is -2.33. The minimum atomic E-state index is -4.38. The van der Waals surface area contributed by atoms with E-state index in [1.165, 1.54) is 23.5 Å². The smallest absolute Gasteiger partial charge is 0.344 e. The summed E-state index contributed by atoms with van der Waals surface area (Å²) in [4.78, 5) is 21.4. The zero-order valence-corrected chi connectivity index (χ0v) is 17.8. The summed E-state index contributed by atoms with van der Waals surface area (Å²) < 4.78 is 43.5. The molecular formula is C21H21F3N4O2S. The fraction of sp³-hybridized carbons (Fsp3) is 0.429. The van der Waals surface area contributed by atoms with Crippen LogP contribution in [0.1, 0.15) is 61.6 Å². The lowest BCUT2D eigenvalue weighted by molar-refractivity contribution is -0.137. The zero-order chi connectivity index (χ0) is 22.2. The van der Waals surface area contributed by atoms with Crippen molar-refractivity contribution in [3.8, 4) is 10.6 Å². The molecule has 1 unspecified atom stereocenters. The van der Waals surface area contributed by atoms with Crippen LogP contribution in [0, 0.1) is 5.92 Å². The quantitative estimate of drug-likeness (QED) is 0.539. The number of nitrogens with zero attached hydrogens (tertiary/aromatic N) is 3. The zero-order valence-electron chi connectivity index (χ0n) is 16.9. The number of carbonyl (C=O) groups excluding carboxylic acids is 1. The summed E-state index contributed by atoms with van der Waals surface area (Å²) in [5, 5.41) is 9.23. The van der Waals surface area contributed by atoms with Crippen molar-refractivity contribution in [3.05, 3.63) is 52.6 Å².